The van der Waals surface area contributed by atoms with Crippen LogP contribution in [0.15, 0.2) is 47.8 Å². The number of carbonyl (C=O) groups is 2. The Hall–Kier alpha value is -3.10. The summed E-state index contributed by atoms with van der Waals surface area (Å²) in [5.74, 6) is 0.443. The molecule has 3 amide bonds. The van der Waals surface area contributed by atoms with Crippen LogP contribution in [0.3, 0.4) is 0 Å². The van der Waals surface area contributed by atoms with Crippen LogP contribution in [-0.4, -0.2) is 29.0 Å². The number of carbonyl (C=O) groups excluding carboxylic acids is 2. The lowest BCUT2D eigenvalue weighted by molar-refractivity contribution is 0.0911. The molecule has 184 valence electrons. The van der Waals surface area contributed by atoms with E-state index in [4.69, 9.17) is 16.3 Å². The molecule has 4 rings (SSSR count). The van der Waals surface area contributed by atoms with Gasteiger partial charge in [-0.25, -0.2) is 9.78 Å². The van der Waals surface area contributed by atoms with Gasteiger partial charge in [0, 0.05) is 22.1 Å². The number of benzene rings is 2. The van der Waals surface area contributed by atoms with Gasteiger partial charge in [0.05, 0.1) is 6.04 Å². The molecular formula is C26H29ClN4O3S. The van der Waals surface area contributed by atoms with Crippen molar-refractivity contribution in [1.82, 2.24) is 15.6 Å². The predicted octanol–water partition coefficient (Wildman–Crippen LogP) is 5.86. The SMILES string of the molecule is Cc1cccc(C)c1NC(=O)NC1CCCCC1NC(=O)c1csc(COc2ccc(Cl)cc2)n1. The Morgan fingerprint density at radius 1 is 1.03 bits per heavy atom. The quantitative estimate of drug-likeness (QED) is 0.370. The number of aryl methyl sites for hydroxylation is 2. The van der Waals surface area contributed by atoms with Gasteiger partial charge in [-0.15, -0.1) is 11.3 Å². The average molecular weight is 513 g/mol. The van der Waals surface area contributed by atoms with E-state index < -0.39 is 0 Å². The van der Waals surface area contributed by atoms with E-state index in [1.807, 2.05) is 32.0 Å². The van der Waals surface area contributed by atoms with E-state index in [0.717, 1.165) is 42.5 Å². The number of halogens is 1. The minimum absolute atomic E-state index is 0.150. The number of nitrogens with zero attached hydrogens (tertiary/aromatic N) is 1. The van der Waals surface area contributed by atoms with Crippen LogP contribution in [-0.2, 0) is 6.61 Å². The minimum Gasteiger partial charge on any atom is -0.486 e. The second kappa shape index (κ2) is 11.6. The third-order valence-corrected chi connectivity index (χ3v) is 7.15. The lowest BCUT2D eigenvalue weighted by Crippen LogP contribution is -2.54. The highest BCUT2D eigenvalue weighted by Gasteiger charge is 2.29. The molecule has 0 aliphatic heterocycles. The molecule has 0 spiro atoms. The molecule has 2 aromatic carbocycles. The Morgan fingerprint density at radius 2 is 1.69 bits per heavy atom. The first-order chi connectivity index (χ1) is 16.9. The minimum atomic E-state index is -0.260. The number of nitrogens with one attached hydrogen (secondary N) is 3. The van der Waals surface area contributed by atoms with E-state index in [1.54, 1.807) is 29.6 Å². The second-order valence-corrected chi connectivity index (χ2v) is 10.1. The topological polar surface area (TPSA) is 92.4 Å². The summed E-state index contributed by atoms with van der Waals surface area (Å²) >= 11 is 7.27. The van der Waals surface area contributed by atoms with Crippen molar-refractivity contribution in [3.8, 4) is 5.75 Å². The zero-order chi connectivity index (χ0) is 24.8. The van der Waals surface area contributed by atoms with E-state index in [1.165, 1.54) is 11.3 Å². The maximum absolute atomic E-state index is 12.9. The maximum atomic E-state index is 12.9. The third-order valence-electron chi connectivity index (χ3n) is 6.08. The van der Waals surface area contributed by atoms with Crippen LogP contribution >= 0.6 is 22.9 Å². The van der Waals surface area contributed by atoms with Crippen LogP contribution < -0.4 is 20.7 Å². The standard InChI is InChI=1S/C26H29ClN4O3S/c1-16-6-5-7-17(2)24(16)31-26(33)30-21-9-4-3-8-20(21)29-25(32)22-15-35-23(28-22)14-34-19-12-10-18(27)11-13-19/h5-7,10-13,15,20-21H,3-4,8-9,14H2,1-2H3,(H,29,32)(H2,30,31,33). The molecule has 1 saturated carbocycles. The Balaban J connectivity index is 1.32. The normalized spacial score (nSPS) is 17.5. The molecule has 3 aromatic rings. The molecule has 0 radical (unpaired) electrons. The predicted molar refractivity (Wildman–Crippen MR) is 139 cm³/mol. The van der Waals surface area contributed by atoms with Gasteiger partial charge in [-0.05, 0) is 62.1 Å². The number of thiazole rings is 1. The first-order valence-electron chi connectivity index (χ1n) is 11.7. The number of anilines is 1. The van der Waals surface area contributed by atoms with Gasteiger partial charge in [-0.2, -0.15) is 0 Å². The number of hydrogen-bond donors (Lipinski definition) is 3. The van der Waals surface area contributed by atoms with Crippen molar-refractivity contribution >= 4 is 40.6 Å². The molecule has 0 bridgehead atoms. The summed E-state index contributed by atoms with van der Waals surface area (Å²) in [5.41, 5.74) is 3.19. The molecular weight excluding hydrogens is 484 g/mol. The van der Waals surface area contributed by atoms with Crippen molar-refractivity contribution in [2.75, 3.05) is 5.32 Å². The fraction of sp³-hybridized carbons (Fsp3) is 0.346. The summed E-state index contributed by atoms with van der Waals surface area (Å²) in [5, 5.41) is 12.2. The number of amides is 3. The molecule has 1 aliphatic carbocycles. The lowest BCUT2D eigenvalue weighted by Gasteiger charge is -2.32. The molecule has 2 unspecified atom stereocenters. The van der Waals surface area contributed by atoms with Crippen LogP contribution in [0, 0.1) is 13.8 Å². The van der Waals surface area contributed by atoms with Crippen LogP contribution in [0.2, 0.25) is 5.02 Å². The van der Waals surface area contributed by atoms with Crippen LogP contribution in [0.4, 0.5) is 10.5 Å². The van der Waals surface area contributed by atoms with Crippen molar-refractivity contribution in [3.63, 3.8) is 0 Å². The second-order valence-electron chi connectivity index (χ2n) is 8.71. The zero-order valence-corrected chi connectivity index (χ0v) is 21.3. The molecule has 1 aliphatic rings. The zero-order valence-electron chi connectivity index (χ0n) is 19.8. The third kappa shape index (κ3) is 6.74. The van der Waals surface area contributed by atoms with Crippen molar-refractivity contribution in [2.24, 2.45) is 0 Å². The molecule has 35 heavy (non-hydrogen) atoms. The molecule has 0 saturated heterocycles. The number of urea groups is 1. The molecule has 1 heterocycles. The number of ether oxygens (including phenoxy) is 1. The molecule has 1 aromatic heterocycles. The summed E-state index contributed by atoms with van der Waals surface area (Å²) in [4.78, 5) is 30.1. The fourth-order valence-electron chi connectivity index (χ4n) is 4.21. The van der Waals surface area contributed by atoms with Crippen LogP contribution in [0.5, 0.6) is 5.75 Å². The van der Waals surface area contributed by atoms with Gasteiger partial charge >= 0.3 is 6.03 Å². The Kier molecular flexibility index (Phi) is 8.25. The lowest BCUT2D eigenvalue weighted by atomic mass is 9.90. The number of hydrogen-bond acceptors (Lipinski definition) is 5. The Labute approximate surface area is 214 Å². The highest BCUT2D eigenvalue weighted by molar-refractivity contribution is 7.09. The van der Waals surface area contributed by atoms with Gasteiger partial charge in [0.25, 0.3) is 5.91 Å². The van der Waals surface area contributed by atoms with E-state index >= 15 is 0 Å². The van der Waals surface area contributed by atoms with Crippen molar-refractivity contribution in [3.05, 3.63) is 74.7 Å². The number of rotatable bonds is 7. The highest BCUT2D eigenvalue weighted by atomic mass is 35.5. The van der Waals surface area contributed by atoms with Crippen molar-refractivity contribution in [1.29, 1.82) is 0 Å². The highest BCUT2D eigenvalue weighted by Crippen LogP contribution is 2.22. The van der Waals surface area contributed by atoms with Crippen molar-refractivity contribution in [2.45, 2.75) is 58.2 Å². The molecule has 3 N–H and O–H groups in total. The molecule has 7 nitrogen and oxygen atoms in total. The average Bonchev–Trinajstić information content (AvgIpc) is 3.32. The largest absolute Gasteiger partial charge is 0.486 e. The number of aromatic nitrogens is 1. The summed E-state index contributed by atoms with van der Waals surface area (Å²) in [6, 6.07) is 12.4. The smallest absolute Gasteiger partial charge is 0.319 e. The summed E-state index contributed by atoms with van der Waals surface area (Å²) in [7, 11) is 0. The van der Waals surface area contributed by atoms with Gasteiger partial charge in [-0.1, -0.05) is 42.6 Å². The summed E-state index contributed by atoms with van der Waals surface area (Å²) < 4.78 is 5.72. The van der Waals surface area contributed by atoms with Crippen molar-refractivity contribution < 1.29 is 14.3 Å². The molecule has 2 atom stereocenters. The van der Waals surface area contributed by atoms with Crippen LogP contribution in [0.1, 0.15) is 52.3 Å². The van der Waals surface area contributed by atoms with E-state index in [9.17, 15) is 9.59 Å². The van der Waals surface area contributed by atoms with E-state index in [-0.39, 0.29) is 30.6 Å². The maximum Gasteiger partial charge on any atom is 0.319 e. The van der Waals surface area contributed by atoms with E-state index in [2.05, 4.69) is 20.9 Å². The van der Waals surface area contributed by atoms with Gasteiger partial charge in [0.2, 0.25) is 0 Å². The fourth-order valence-corrected chi connectivity index (χ4v) is 5.02. The summed E-state index contributed by atoms with van der Waals surface area (Å²) in [6.45, 7) is 4.20. The number of para-hydroxylation sites is 1. The Bertz CT molecular complexity index is 1160. The van der Waals surface area contributed by atoms with Gasteiger partial charge < -0.3 is 20.7 Å². The summed E-state index contributed by atoms with van der Waals surface area (Å²) in [6.07, 6.45) is 3.61. The molecule has 9 heteroatoms. The first kappa shape index (κ1) is 25.0. The van der Waals surface area contributed by atoms with Crippen LogP contribution in [0.25, 0.3) is 0 Å². The van der Waals surface area contributed by atoms with Gasteiger partial charge in [-0.3, -0.25) is 4.79 Å². The van der Waals surface area contributed by atoms with Gasteiger partial charge in [0.1, 0.15) is 23.1 Å². The first-order valence-corrected chi connectivity index (χ1v) is 12.9. The molecule has 1 fully saturated rings. The van der Waals surface area contributed by atoms with E-state index in [0.29, 0.717) is 21.5 Å². The monoisotopic (exact) mass is 512 g/mol. The van der Waals surface area contributed by atoms with Gasteiger partial charge in [0.15, 0.2) is 0 Å². The Morgan fingerprint density at radius 3 is 2.37 bits per heavy atom.